The summed E-state index contributed by atoms with van der Waals surface area (Å²) < 4.78 is 24.0. The number of rotatable bonds is 21. The summed E-state index contributed by atoms with van der Waals surface area (Å²) in [6, 6.07) is 14.9. The van der Waals surface area contributed by atoms with E-state index in [1.807, 2.05) is 35.2 Å². The molecule has 0 unspecified atom stereocenters. The van der Waals surface area contributed by atoms with Crippen molar-refractivity contribution in [3.63, 3.8) is 0 Å². The Hall–Kier alpha value is -5.07. The third-order valence-electron chi connectivity index (χ3n) is 11.2. The standard InChI is InChI=1S/C42H56N10O7/c53-40(14-20-56-22-24-58-26-27-59-25-23-57-21-17-44-41(54)37-28-31-6-1-2-7-32(31)46-37)51-18-12-30(13-19-51)36-29-39(52(50-36)38-10-3-4-15-43-38)48-42(55)35-9-5-8-33(47-35)34-11-16-45-49-34/h3-5,8-11,15-16,29-32,37,46H,1-2,6-7,12-14,17-28H2,(H,44,54)(H,45,49)(H,48,55)/t31-,32-,37-/m0/s1. The molecule has 4 aromatic heterocycles. The van der Waals surface area contributed by atoms with Crippen LogP contribution in [0.5, 0.6) is 0 Å². The first-order valence-corrected chi connectivity index (χ1v) is 20.9. The first kappa shape index (κ1) is 42.1. The van der Waals surface area contributed by atoms with Crippen LogP contribution in [-0.2, 0) is 28.5 Å². The Bertz CT molecular complexity index is 1910. The van der Waals surface area contributed by atoms with Crippen LogP contribution in [0.2, 0.25) is 0 Å². The summed E-state index contributed by atoms with van der Waals surface area (Å²) in [7, 11) is 0. The van der Waals surface area contributed by atoms with Gasteiger partial charge in [0.1, 0.15) is 11.5 Å². The van der Waals surface area contributed by atoms with Crippen LogP contribution in [0.4, 0.5) is 5.82 Å². The first-order chi connectivity index (χ1) is 29.0. The van der Waals surface area contributed by atoms with E-state index in [0.29, 0.717) is 114 Å². The molecule has 316 valence electrons. The molecule has 1 aliphatic carbocycles. The van der Waals surface area contributed by atoms with Crippen LogP contribution < -0.4 is 16.0 Å². The van der Waals surface area contributed by atoms with Gasteiger partial charge in [-0.1, -0.05) is 25.0 Å². The minimum absolute atomic E-state index is 0.0578. The van der Waals surface area contributed by atoms with Gasteiger partial charge in [0.15, 0.2) is 5.82 Å². The number of anilines is 1. The second kappa shape index (κ2) is 21.8. The van der Waals surface area contributed by atoms with E-state index in [-0.39, 0.29) is 35.4 Å². The van der Waals surface area contributed by atoms with Gasteiger partial charge in [0, 0.05) is 50.1 Å². The molecule has 2 saturated heterocycles. The van der Waals surface area contributed by atoms with Gasteiger partial charge >= 0.3 is 0 Å². The normalized spacial score (nSPS) is 19.4. The van der Waals surface area contributed by atoms with Crippen molar-refractivity contribution >= 4 is 23.5 Å². The van der Waals surface area contributed by atoms with Crippen LogP contribution in [0.15, 0.2) is 60.9 Å². The van der Waals surface area contributed by atoms with Crippen molar-refractivity contribution in [2.24, 2.45) is 5.92 Å². The average molecular weight is 813 g/mol. The highest BCUT2D eigenvalue weighted by molar-refractivity contribution is 6.02. The number of pyridine rings is 2. The van der Waals surface area contributed by atoms with Crippen LogP contribution in [0.1, 0.15) is 73.5 Å². The first-order valence-electron chi connectivity index (χ1n) is 20.9. The Morgan fingerprint density at radius 1 is 0.814 bits per heavy atom. The molecule has 0 bridgehead atoms. The van der Waals surface area contributed by atoms with Gasteiger partial charge < -0.3 is 39.8 Å². The van der Waals surface area contributed by atoms with Crippen molar-refractivity contribution < 1.29 is 33.3 Å². The Balaban J connectivity index is 0.731. The number of carbonyl (C=O) groups excluding carboxylic acids is 3. The topological polar surface area (TPSA) is 200 Å². The Morgan fingerprint density at radius 3 is 2.31 bits per heavy atom. The Kier molecular flexibility index (Phi) is 15.5. The Morgan fingerprint density at radius 2 is 1.58 bits per heavy atom. The van der Waals surface area contributed by atoms with E-state index < -0.39 is 0 Å². The zero-order valence-electron chi connectivity index (χ0n) is 33.6. The minimum atomic E-state index is -0.376. The summed E-state index contributed by atoms with van der Waals surface area (Å²) in [6.07, 6.45) is 11.0. The Labute approximate surface area is 344 Å². The van der Waals surface area contributed by atoms with Crippen molar-refractivity contribution in [3.05, 3.63) is 72.3 Å². The molecule has 3 atom stereocenters. The summed E-state index contributed by atoms with van der Waals surface area (Å²) in [6.45, 7) is 5.09. The molecule has 0 radical (unpaired) electrons. The van der Waals surface area contributed by atoms with Crippen molar-refractivity contribution in [2.75, 3.05) is 77.8 Å². The van der Waals surface area contributed by atoms with E-state index in [0.717, 1.165) is 25.0 Å². The lowest BCUT2D eigenvalue weighted by Crippen LogP contribution is -2.44. The summed E-state index contributed by atoms with van der Waals surface area (Å²) in [5, 5.41) is 21.2. The zero-order valence-corrected chi connectivity index (χ0v) is 33.6. The van der Waals surface area contributed by atoms with Crippen molar-refractivity contribution in [3.8, 4) is 17.2 Å². The number of hydrogen-bond donors (Lipinski definition) is 4. The second-order valence-corrected chi connectivity index (χ2v) is 15.1. The van der Waals surface area contributed by atoms with Crippen molar-refractivity contribution in [1.82, 2.24) is 45.5 Å². The summed E-state index contributed by atoms with van der Waals surface area (Å²) in [5.74, 6) is 1.57. The van der Waals surface area contributed by atoms with Crippen LogP contribution in [-0.4, -0.2) is 137 Å². The highest BCUT2D eigenvalue weighted by atomic mass is 16.6. The average Bonchev–Trinajstić information content (AvgIpc) is 4.07. The number of amides is 3. The smallest absolute Gasteiger partial charge is 0.275 e. The summed E-state index contributed by atoms with van der Waals surface area (Å²) in [5.41, 5.74) is 2.40. The molecular weight excluding hydrogens is 757 g/mol. The zero-order chi connectivity index (χ0) is 40.7. The number of likely N-dealkylation sites (tertiary alicyclic amines) is 1. The number of fused-ring (bicyclic) bond motifs is 1. The maximum absolute atomic E-state index is 13.4. The number of ether oxygens (including phenoxy) is 4. The van der Waals surface area contributed by atoms with Gasteiger partial charge in [0.05, 0.1) is 82.4 Å². The van der Waals surface area contributed by atoms with E-state index in [1.54, 1.807) is 35.3 Å². The molecule has 1 saturated carbocycles. The fourth-order valence-electron chi connectivity index (χ4n) is 8.03. The summed E-state index contributed by atoms with van der Waals surface area (Å²) >= 11 is 0. The molecule has 7 rings (SSSR count). The number of H-pyrrole nitrogens is 1. The highest BCUT2D eigenvalue weighted by Gasteiger charge is 2.38. The maximum Gasteiger partial charge on any atom is 0.275 e. The molecular formula is C42H56N10O7. The molecule has 6 heterocycles. The number of aromatic amines is 1. The largest absolute Gasteiger partial charge is 0.379 e. The quantitative estimate of drug-likeness (QED) is 0.0895. The van der Waals surface area contributed by atoms with Crippen LogP contribution in [0, 0.1) is 5.92 Å². The lowest BCUT2D eigenvalue weighted by molar-refractivity contribution is -0.133. The third-order valence-corrected chi connectivity index (χ3v) is 11.2. The van der Waals surface area contributed by atoms with E-state index in [1.165, 1.54) is 25.7 Å². The molecule has 59 heavy (non-hydrogen) atoms. The lowest BCUT2D eigenvalue weighted by Gasteiger charge is -2.31. The third kappa shape index (κ3) is 12.0. The number of piperidine rings is 1. The molecule has 3 aliphatic rings. The molecule has 3 amide bonds. The monoisotopic (exact) mass is 812 g/mol. The van der Waals surface area contributed by atoms with Crippen LogP contribution in [0.25, 0.3) is 17.2 Å². The van der Waals surface area contributed by atoms with Gasteiger partial charge in [-0.25, -0.2) is 9.97 Å². The molecule has 4 N–H and O–H groups in total. The number of carbonyl (C=O) groups is 3. The van der Waals surface area contributed by atoms with Crippen LogP contribution in [0.3, 0.4) is 0 Å². The van der Waals surface area contributed by atoms with Gasteiger partial charge in [-0.3, -0.25) is 19.5 Å². The fourth-order valence-corrected chi connectivity index (χ4v) is 8.03. The number of aromatic nitrogens is 6. The second-order valence-electron chi connectivity index (χ2n) is 15.1. The van der Waals surface area contributed by atoms with Crippen molar-refractivity contribution in [1.29, 1.82) is 0 Å². The minimum Gasteiger partial charge on any atom is -0.379 e. The van der Waals surface area contributed by atoms with Gasteiger partial charge in [0.2, 0.25) is 11.8 Å². The van der Waals surface area contributed by atoms with Gasteiger partial charge in [0.25, 0.3) is 5.91 Å². The predicted molar refractivity (Wildman–Crippen MR) is 218 cm³/mol. The lowest BCUT2D eigenvalue weighted by atomic mass is 9.85. The van der Waals surface area contributed by atoms with E-state index in [2.05, 4.69) is 36.1 Å². The molecule has 4 aromatic rings. The SMILES string of the molecule is O=C(Nc1cc(C2CCN(C(=O)CCOCCOCCOCCOCCNC(=O)[C@@H]3C[C@@H]4CCCC[C@@H]4N3)CC2)nn1-c1ccccn1)c1cccc(-c2ccn[nH]2)n1. The summed E-state index contributed by atoms with van der Waals surface area (Å²) in [4.78, 5) is 49.7. The van der Waals surface area contributed by atoms with Gasteiger partial charge in [-0.2, -0.15) is 14.9 Å². The molecule has 17 heteroatoms. The fraction of sp³-hybridized carbons (Fsp3) is 0.548. The number of nitrogens with zero attached hydrogens (tertiary/aromatic N) is 6. The number of nitrogens with one attached hydrogen (secondary N) is 4. The molecule has 17 nitrogen and oxygen atoms in total. The van der Waals surface area contributed by atoms with E-state index in [4.69, 9.17) is 24.0 Å². The van der Waals surface area contributed by atoms with Gasteiger partial charge in [-0.05, 0) is 68.4 Å². The van der Waals surface area contributed by atoms with E-state index >= 15 is 0 Å². The number of hydrogen-bond acceptors (Lipinski definition) is 12. The maximum atomic E-state index is 13.4. The predicted octanol–water partition coefficient (Wildman–Crippen LogP) is 3.50. The van der Waals surface area contributed by atoms with Crippen LogP contribution >= 0.6 is 0 Å². The van der Waals surface area contributed by atoms with Gasteiger partial charge in [-0.15, -0.1) is 0 Å². The van der Waals surface area contributed by atoms with E-state index in [9.17, 15) is 14.4 Å². The molecule has 3 fully saturated rings. The molecule has 0 aromatic carbocycles. The van der Waals surface area contributed by atoms with Crippen molar-refractivity contribution in [2.45, 2.75) is 69.4 Å². The molecule has 2 aliphatic heterocycles. The highest BCUT2D eigenvalue weighted by Crippen LogP contribution is 2.33. The molecule has 0 spiro atoms.